The second-order valence-electron chi connectivity index (χ2n) is 1.25. The van der Waals surface area contributed by atoms with Gasteiger partial charge in [0.25, 0.3) is 0 Å². The molecule has 0 atom stereocenters. The van der Waals surface area contributed by atoms with Crippen LogP contribution < -0.4 is 5.73 Å². The van der Waals surface area contributed by atoms with Gasteiger partial charge in [-0.15, -0.1) is 0 Å². The van der Waals surface area contributed by atoms with Gasteiger partial charge >= 0.3 is 0 Å². The molecule has 0 aromatic carbocycles. The maximum absolute atomic E-state index is 5.23. The van der Waals surface area contributed by atoms with Crippen LogP contribution in [0, 0.1) is 6.92 Å². The van der Waals surface area contributed by atoms with Crippen LogP contribution >= 0.6 is 11.8 Å². The van der Waals surface area contributed by atoms with Crippen molar-refractivity contribution >= 4 is 11.8 Å². The molecule has 0 saturated carbocycles. The highest BCUT2D eigenvalue weighted by atomic mass is 32.2. The molecule has 0 amide bonds. The molecule has 0 fully saturated rings. The highest BCUT2D eigenvalue weighted by Crippen LogP contribution is 1.97. The summed E-state index contributed by atoms with van der Waals surface area (Å²) in [5.74, 6) is 2.23. The van der Waals surface area contributed by atoms with E-state index >= 15 is 0 Å². The largest absolute Gasteiger partial charge is 0.330 e. The normalized spacial score (nSPS) is 9.43. The monoisotopic (exact) mass is 118 g/mol. The first-order valence-corrected chi connectivity index (χ1v) is 3.64. The van der Waals surface area contributed by atoms with E-state index in [4.69, 9.17) is 5.73 Å². The van der Waals surface area contributed by atoms with Gasteiger partial charge in [-0.2, -0.15) is 11.8 Å². The topological polar surface area (TPSA) is 26.0 Å². The third-order valence-electron chi connectivity index (χ3n) is 0.551. The van der Waals surface area contributed by atoms with Gasteiger partial charge in [-0.05, 0) is 12.2 Å². The fourth-order valence-electron chi connectivity index (χ4n) is 0.287. The van der Waals surface area contributed by atoms with E-state index in [1.807, 2.05) is 11.8 Å². The van der Waals surface area contributed by atoms with E-state index < -0.39 is 0 Å². The summed E-state index contributed by atoms with van der Waals surface area (Å²) in [5, 5.41) is 0. The summed E-state index contributed by atoms with van der Waals surface area (Å²) >= 11 is 1.87. The third kappa shape index (κ3) is 6.31. The lowest BCUT2D eigenvalue weighted by Gasteiger charge is -1.91. The molecule has 0 bridgehead atoms. The van der Waals surface area contributed by atoms with Gasteiger partial charge in [0.1, 0.15) is 0 Å². The summed E-state index contributed by atoms with van der Waals surface area (Å²) in [7, 11) is 0. The van der Waals surface area contributed by atoms with E-state index in [0.717, 1.165) is 24.5 Å². The predicted octanol–water partition coefficient (Wildman–Crippen LogP) is 0.902. The van der Waals surface area contributed by atoms with E-state index in [-0.39, 0.29) is 0 Å². The van der Waals surface area contributed by atoms with Gasteiger partial charge in [-0.1, -0.05) is 6.92 Å². The van der Waals surface area contributed by atoms with Crippen LogP contribution in [-0.2, 0) is 0 Å². The number of nitrogens with two attached hydrogens (primary N) is 1. The van der Waals surface area contributed by atoms with Crippen LogP contribution in [-0.4, -0.2) is 18.1 Å². The molecule has 0 aliphatic carbocycles. The molecule has 2 N–H and O–H groups in total. The lowest BCUT2D eigenvalue weighted by atomic mass is 10.6. The molecule has 0 aromatic rings. The SMILES string of the molecule is [CH2]CCSCCN. The molecule has 0 saturated heterocycles. The Morgan fingerprint density at radius 3 is 2.57 bits per heavy atom. The molecule has 0 aliphatic heterocycles. The fourth-order valence-corrected chi connectivity index (χ4v) is 0.862. The fraction of sp³-hybridized carbons (Fsp3) is 0.800. The molecular weight excluding hydrogens is 106 g/mol. The first-order chi connectivity index (χ1) is 3.41. The van der Waals surface area contributed by atoms with Crippen molar-refractivity contribution in [3.05, 3.63) is 6.92 Å². The van der Waals surface area contributed by atoms with Gasteiger partial charge in [-0.3, -0.25) is 0 Å². The van der Waals surface area contributed by atoms with Crippen molar-refractivity contribution in [2.75, 3.05) is 18.1 Å². The minimum Gasteiger partial charge on any atom is -0.330 e. The van der Waals surface area contributed by atoms with Crippen LogP contribution in [0.2, 0.25) is 0 Å². The summed E-state index contributed by atoms with van der Waals surface area (Å²) in [6, 6.07) is 0. The van der Waals surface area contributed by atoms with Crippen molar-refractivity contribution in [1.29, 1.82) is 0 Å². The summed E-state index contributed by atoms with van der Waals surface area (Å²) in [6.45, 7) is 4.49. The zero-order valence-corrected chi connectivity index (χ0v) is 5.34. The van der Waals surface area contributed by atoms with E-state index in [1.54, 1.807) is 0 Å². The van der Waals surface area contributed by atoms with Crippen molar-refractivity contribution in [2.24, 2.45) is 5.73 Å². The Hall–Kier alpha value is 0.310. The van der Waals surface area contributed by atoms with Gasteiger partial charge in [-0.25, -0.2) is 0 Å². The van der Waals surface area contributed by atoms with Gasteiger partial charge < -0.3 is 5.73 Å². The van der Waals surface area contributed by atoms with Gasteiger partial charge in [0.15, 0.2) is 0 Å². The number of hydrogen-bond acceptors (Lipinski definition) is 2. The summed E-state index contributed by atoms with van der Waals surface area (Å²) in [6.07, 6.45) is 1.02. The van der Waals surface area contributed by atoms with Crippen LogP contribution in [0.15, 0.2) is 0 Å². The second-order valence-corrected chi connectivity index (χ2v) is 2.48. The average Bonchev–Trinajstić information content (AvgIpc) is 1.69. The number of rotatable bonds is 4. The molecule has 43 valence electrons. The quantitative estimate of drug-likeness (QED) is 0.555. The van der Waals surface area contributed by atoms with Crippen LogP contribution in [0.4, 0.5) is 0 Å². The highest BCUT2D eigenvalue weighted by Gasteiger charge is 1.79. The number of hydrogen-bond donors (Lipinski definition) is 1. The standard InChI is InChI=1S/C5H12NS/c1-2-4-7-5-3-6/h1-6H2. The van der Waals surface area contributed by atoms with Crippen LogP contribution in [0.25, 0.3) is 0 Å². The van der Waals surface area contributed by atoms with E-state index in [1.165, 1.54) is 0 Å². The molecule has 0 heterocycles. The third-order valence-corrected chi connectivity index (χ3v) is 1.65. The molecular formula is C5H12NS. The predicted molar refractivity (Wildman–Crippen MR) is 36.4 cm³/mol. The molecule has 0 aliphatic rings. The van der Waals surface area contributed by atoms with Crippen molar-refractivity contribution in [3.8, 4) is 0 Å². The Kier molecular flexibility index (Phi) is 6.59. The van der Waals surface area contributed by atoms with Gasteiger partial charge in [0, 0.05) is 12.3 Å². The van der Waals surface area contributed by atoms with Crippen molar-refractivity contribution in [3.63, 3.8) is 0 Å². The van der Waals surface area contributed by atoms with Crippen LogP contribution in [0.1, 0.15) is 6.42 Å². The van der Waals surface area contributed by atoms with Gasteiger partial charge in [0.2, 0.25) is 0 Å². The van der Waals surface area contributed by atoms with E-state index in [9.17, 15) is 0 Å². The Morgan fingerprint density at radius 2 is 2.14 bits per heavy atom. The van der Waals surface area contributed by atoms with Crippen LogP contribution in [0.5, 0.6) is 0 Å². The minimum atomic E-state index is 0.796. The Bertz CT molecular complexity index is 27.3. The smallest absolute Gasteiger partial charge is 0.00558 e. The lowest BCUT2D eigenvalue weighted by Crippen LogP contribution is -2.01. The summed E-state index contributed by atoms with van der Waals surface area (Å²) in [4.78, 5) is 0. The molecule has 7 heavy (non-hydrogen) atoms. The Balaban J connectivity index is 2.45. The molecule has 1 radical (unpaired) electrons. The first-order valence-electron chi connectivity index (χ1n) is 2.49. The minimum absolute atomic E-state index is 0.796. The zero-order chi connectivity index (χ0) is 5.54. The van der Waals surface area contributed by atoms with Crippen molar-refractivity contribution < 1.29 is 0 Å². The molecule has 0 unspecified atom stereocenters. The maximum Gasteiger partial charge on any atom is 0.00558 e. The molecule has 1 nitrogen and oxygen atoms in total. The lowest BCUT2D eigenvalue weighted by molar-refractivity contribution is 1.14. The van der Waals surface area contributed by atoms with Crippen molar-refractivity contribution in [2.45, 2.75) is 6.42 Å². The van der Waals surface area contributed by atoms with Crippen LogP contribution in [0.3, 0.4) is 0 Å². The zero-order valence-electron chi connectivity index (χ0n) is 4.52. The average molecular weight is 118 g/mol. The highest BCUT2D eigenvalue weighted by molar-refractivity contribution is 7.99. The summed E-state index contributed by atoms with van der Waals surface area (Å²) < 4.78 is 0. The van der Waals surface area contributed by atoms with Crippen molar-refractivity contribution in [1.82, 2.24) is 0 Å². The Labute approximate surface area is 49.7 Å². The molecule has 0 aromatic heterocycles. The van der Waals surface area contributed by atoms with Gasteiger partial charge in [0.05, 0.1) is 0 Å². The second kappa shape index (κ2) is 6.31. The molecule has 0 spiro atoms. The molecule has 0 rings (SSSR count). The number of thioether (sulfide) groups is 1. The van der Waals surface area contributed by atoms with E-state index in [2.05, 4.69) is 6.92 Å². The first kappa shape index (κ1) is 7.31. The Morgan fingerprint density at radius 1 is 1.43 bits per heavy atom. The van der Waals surface area contributed by atoms with E-state index in [0.29, 0.717) is 0 Å². The summed E-state index contributed by atoms with van der Waals surface area (Å²) in [5.41, 5.74) is 5.23. The molecule has 2 heteroatoms. The maximum atomic E-state index is 5.23.